The summed E-state index contributed by atoms with van der Waals surface area (Å²) in [6.45, 7) is 2.90. The zero-order valence-corrected chi connectivity index (χ0v) is 6.76. The summed E-state index contributed by atoms with van der Waals surface area (Å²) in [6.07, 6.45) is 0.129. The Balaban J connectivity index is 3.92. The Kier molecular flexibility index (Phi) is 3.19. The Bertz CT molecular complexity index is 175. The zero-order chi connectivity index (χ0) is 9.07. The SMILES string of the molecule is CC(=O)C(C)(N)CCC(=O)O. The fraction of sp³-hybridized carbons (Fsp3) is 0.714. The van der Waals surface area contributed by atoms with Gasteiger partial charge in [-0.1, -0.05) is 0 Å². The van der Waals surface area contributed by atoms with Crippen LogP contribution in [0.3, 0.4) is 0 Å². The summed E-state index contributed by atoms with van der Waals surface area (Å²) in [4.78, 5) is 20.9. The summed E-state index contributed by atoms with van der Waals surface area (Å²) < 4.78 is 0. The van der Waals surface area contributed by atoms with Crippen LogP contribution in [0.2, 0.25) is 0 Å². The largest absolute Gasteiger partial charge is 0.481 e. The van der Waals surface area contributed by atoms with Gasteiger partial charge in [0.25, 0.3) is 0 Å². The molecule has 0 aromatic heterocycles. The molecule has 0 heterocycles. The number of carboxylic acid groups (broad SMARTS) is 1. The quantitative estimate of drug-likeness (QED) is 0.612. The Morgan fingerprint density at radius 2 is 2.00 bits per heavy atom. The van der Waals surface area contributed by atoms with Crippen molar-refractivity contribution in [2.75, 3.05) is 0 Å². The number of carboxylic acids is 1. The van der Waals surface area contributed by atoms with Gasteiger partial charge in [-0.3, -0.25) is 9.59 Å². The van der Waals surface area contributed by atoms with E-state index in [1.165, 1.54) is 13.8 Å². The van der Waals surface area contributed by atoms with E-state index in [2.05, 4.69) is 0 Å². The molecule has 0 rings (SSSR count). The zero-order valence-electron chi connectivity index (χ0n) is 6.76. The lowest BCUT2D eigenvalue weighted by Crippen LogP contribution is -2.43. The summed E-state index contributed by atoms with van der Waals surface area (Å²) in [5.41, 5.74) is 4.51. The summed E-state index contributed by atoms with van der Waals surface area (Å²) in [5, 5.41) is 8.29. The number of ketones is 1. The summed E-state index contributed by atoms with van der Waals surface area (Å²) in [5.74, 6) is -1.11. The number of carbonyl (C=O) groups excluding carboxylic acids is 1. The predicted octanol–water partition coefficient (Wildman–Crippen LogP) is 0.158. The topological polar surface area (TPSA) is 80.4 Å². The Morgan fingerprint density at radius 3 is 2.27 bits per heavy atom. The average Bonchev–Trinajstić information content (AvgIpc) is 1.84. The van der Waals surface area contributed by atoms with E-state index in [4.69, 9.17) is 10.8 Å². The van der Waals surface area contributed by atoms with Crippen LogP contribution in [0.1, 0.15) is 26.7 Å². The fourth-order valence-corrected chi connectivity index (χ4v) is 0.543. The molecule has 0 aromatic carbocycles. The van der Waals surface area contributed by atoms with E-state index in [9.17, 15) is 9.59 Å². The van der Waals surface area contributed by atoms with Crippen LogP contribution >= 0.6 is 0 Å². The third-order valence-electron chi connectivity index (χ3n) is 1.66. The maximum Gasteiger partial charge on any atom is 0.303 e. The van der Waals surface area contributed by atoms with Crippen molar-refractivity contribution in [3.8, 4) is 0 Å². The van der Waals surface area contributed by atoms with Crippen LogP contribution < -0.4 is 5.73 Å². The highest BCUT2D eigenvalue weighted by Crippen LogP contribution is 2.09. The normalized spacial score (nSPS) is 15.5. The second-order valence-electron chi connectivity index (χ2n) is 2.87. The number of aliphatic carboxylic acids is 1. The predicted molar refractivity (Wildman–Crippen MR) is 40.1 cm³/mol. The molecular weight excluding hydrogens is 146 g/mol. The van der Waals surface area contributed by atoms with Crippen LogP contribution in [0.4, 0.5) is 0 Å². The molecular formula is C7H13NO3. The van der Waals surface area contributed by atoms with E-state index in [-0.39, 0.29) is 18.6 Å². The van der Waals surface area contributed by atoms with E-state index in [1.807, 2.05) is 0 Å². The van der Waals surface area contributed by atoms with Gasteiger partial charge in [-0.15, -0.1) is 0 Å². The minimum Gasteiger partial charge on any atom is -0.481 e. The van der Waals surface area contributed by atoms with Gasteiger partial charge in [0.2, 0.25) is 0 Å². The van der Waals surface area contributed by atoms with E-state index in [0.717, 1.165) is 0 Å². The van der Waals surface area contributed by atoms with Gasteiger partial charge in [0, 0.05) is 6.42 Å². The van der Waals surface area contributed by atoms with Crippen molar-refractivity contribution in [1.82, 2.24) is 0 Å². The van der Waals surface area contributed by atoms with Crippen LogP contribution in [0.15, 0.2) is 0 Å². The van der Waals surface area contributed by atoms with Crippen LogP contribution in [0, 0.1) is 0 Å². The minimum absolute atomic E-state index is 0.0629. The summed E-state index contributed by atoms with van der Waals surface area (Å²) in [7, 11) is 0. The number of hydrogen-bond acceptors (Lipinski definition) is 3. The maximum absolute atomic E-state index is 10.8. The molecule has 0 bridgehead atoms. The first-order valence-electron chi connectivity index (χ1n) is 3.38. The molecule has 0 aromatic rings. The average molecular weight is 159 g/mol. The molecule has 0 amide bonds. The fourth-order valence-electron chi connectivity index (χ4n) is 0.543. The number of Topliss-reactive ketones (excluding diaryl/α,β-unsaturated/α-hetero) is 1. The highest BCUT2D eigenvalue weighted by molar-refractivity contribution is 5.85. The molecule has 0 spiro atoms. The van der Waals surface area contributed by atoms with Crippen LogP contribution in [-0.2, 0) is 9.59 Å². The Labute approximate surface area is 65.4 Å². The molecule has 1 atom stereocenters. The van der Waals surface area contributed by atoms with Crippen molar-refractivity contribution in [2.24, 2.45) is 5.73 Å². The van der Waals surface area contributed by atoms with Gasteiger partial charge in [-0.2, -0.15) is 0 Å². The first kappa shape index (κ1) is 10.1. The third-order valence-corrected chi connectivity index (χ3v) is 1.66. The number of carbonyl (C=O) groups is 2. The first-order chi connectivity index (χ1) is 4.86. The van der Waals surface area contributed by atoms with Gasteiger partial charge in [-0.05, 0) is 20.3 Å². The van der Waals surface area contributed by atoms with Crippen molar-refractivity contribution in [3.05, 3.63) is 0 Å². The summed E-state index contributed by atoms with van der Waals surface area (Å²) >= 11 is 0. The lowest BCUT2D eigenvalue weighted by atomic mass is 9.93. The molecule has 0 saturated carbocycles. The Morgan fingerprint density at radius 1 is 1.55 bits per heavy atom. The number of hydrogen-bond donors (Lipinski definition) is 2. The molecule has 0 radical (unpaired) electrons. The summed E-state index contributed by atoms with van der Waals surface area (Å²) in [6, 6.07) is 0. The lowest BCUT2D eigenvalue weighted by molar-refractivity contribution is -0.137. The van der Waals surface area contributed by atoms with Gasteiger partial charge in [0.05, 0.1) is 5.54 Å². The van der Waals surface area contributed by atoms with Gasteiger partial charge in [0.15, 0.2) is 0 Å². The molecule has 0 fully saturated rings. The van der Waals surface area contributed by atoms with E-state index in [1.54, 1.807) is 0 Å². The molecule has 3 N–H and O–H groups in total. The molecule has 0 aliphatic heterocycles. The van der Waals surface area contributed by atoms with Crippen LogP contribution in [-0.4, -0.2) is 22.4 Å². The Hall–Kier alpha value is -0.900. The van der Waals surface area contributed by atoms with Gasteiger partial charge in [-0.25, -0.2) is 0 Å². The molecule has 1 unspecified atom stereocenters. The number of nitrogens with two attached hydrogens (primary N) is 1. The molecule has 4 nitrogen and oxygen atoms in total. The molecule has 64 valence electrons. The molecule has 4 heteroatoms. The first-order valence-corrected chi connectivity index (χ1v) is 3.38. The molecule has 0 aliphatic carbocycles. The van der Waals surface area contributed by atoms with Crippen LogP contribution in [0.5, 0.6) is 0 Å². The smallest absolute Gasteiger partial charge is 0.303 e. The van der Waals surface area contributed by atoms with Crippen molar-refractivity contribution in [1.29, 1.82) is 0 Å². The van der Waals surface area contributed by atoms with Gasteiger partial charge < -0.3 is 10.8 Å². The highest BCUT2D eigenvalue weighted by atomic mass is 16.4. The van der Waals surface area contributed by atoms with Crippen molar-refractivity contribution >= 4 is 11.8 Å². The molecule has 11 heavy (non-hydrogen) atoms. The lowest BCUT2D eigenvalue weighted by Gasteiger charge is -2.19. The standard InChI is InChI=1S/C7H13NO3/c1-5(9)7(2,8)4-3-6(10)11/h3-4,8H2,1-2H3,(H,10,11). The van der Waals surface area contributed by atoms with Crippen LogP contribution in [0.25, 0.3) is 0 Å². The van der Waals surface area contributed by atoms with E-state index >= 15 is 0 Å². The minimum atomic E-state index is -0.988. The second kappa shape index (κ2) is 3.48. The monoisotopic (exact) mass is 159 g/mol. The molecule has 0 saturated heterocycles. The number of rotatable bonds is 4. The molecule has 0 aliphatic rings. The van der Waals surface area contributed by atoms with Crippen molar-refractivity contribution < 1.29 is 14.7 Å². The highest BCUT2D eigenvalue weighted by Gasteiger charge is 2.24. The second-order valence-corrected chi connectivity index (χ2v) is 2.87. The van der Waals surface area contributed by atoms with E-state index < -0.39 is 11.5 Å². The van der Waals surface area contributed by atoms with Crippen molar-refractivity contribution in [2.45, 2.75) is 32.2 Å². The van der Waals surface area contributed by atoms with Gasteiger partial charge >= 0.3 is 5.97 Å². The maximum atomic E-state index is 10.8. The van der Waals surface area contributed by atoms with Crippen molar-refractivity contribution in [3.63, 3.8) is 0 Å². The van der Waals surface area contributed by atoms with Gasteiger partial charge in [0.1, 0.15) is 5.78 Å². The third kappa shape index (κ3) is 3.72. The van der Waals surface area contributed by atoms with E-state index in [0.29, 0.717) is 0 Å².